The average Bonchev–Trinajstić information content (AvgIpc) is 3.00. The van der Waals surface area contributed by atoms with Gasteiger partial charge in [-0.2, -0.15) is 5.10 Å². The van der Waals surface area contributed by atoms with Crippen LogP contribution in [0.2, 0.25) is 0 Å². The number of nitrogens with zero attached hydrogens (tertiary/aromatic N) is 2. The summed E-state index contributed by atoms with van der Waals surface area (Å²) in [4.78, 5) is 14.2. The Morgan fingerprint density at radius 1 is 1.42 bits per heavy atom. The van der Waals surface area contributed by atoms with E-state index in [1.54, 1.807) is 0 Å². The summed E-state index contributed by atoms with van der Waals surface area (Å²) >= 11 is 0. The number of rotatable bonds is 2. The van der Waals surface area contributed by atoms with Crippen molar-refractivity contribution in [2.24, 2.45) is 5.41 Å². The highest BCUT2D eigenvalue weighted by atomic mass is 16.2. The van der Waals surface area contributed by atoms with Crippen molar-refractivity contribution in [3.63, 3.8) is 0 Å². The minimum atomic E-state index is 0.215. The maximum Gasteiger partial charge on any atom is 0.228 e. The second-order valence-corrected chi connectivity index (χ2v) is 6.03. The maximum absolute atomic E-state index is 12.2. The third-order valence-electron chi connectivity index (χ3n) is 4.60. The molecule has 2 fully saturated rings. The molecule has 3 heterocycles. The Hall–Kier alpha value is -1.36. The average molecular weight is 262 g/mol. The number of piperidine rings is 1. The lowest BCUT2D eigenvalue weighted by Crippen LogP contribution is -2.44. The second kappa shape index (κ2) is 4.96. The van der Waals surface area contributed by atoms with Crippen LogP contribution in [0, 0.1) is 12.3 Å². The van der Waals surface area contributed by atoms with Crippen LogP contribution in [0.5, 0.6) is 0 Å². The van der Waals surface area contributed by atoms with Crippen molar-refractivity contribution in [3.8, 4) is 0 Å². The zero-order valence-corrected chi connectivity index (χ0v) is 11.5. The van der Waals surface area contributed by atoms with Gasteiger partial charge >= 0.3 is 0 Å². The largest absolute Gasteiger partial charge is 0.342 e. The van der Waals surface area contributed by atoms with Crippen LogP contribution in [0.4, 0.5) is 0 Å². The number of hydrogen-bond donors (Lipinski definition) is 2. The number of amides is 1. The molecule has 5 heteroatoms. The lowest BCUT2D eigenvalue weighted by Gasteiger charge is -2.38. The summed E-state index contributed by atoms with van der Waals surface area (Å²) in [5.74, 6) is 0.215. The molecule has 2 N–H and O–H groups in total. The van der Waals surface area contributed by atoms with E-state index in [2.05, 4.69) is 15.5 Å². The smallest absolute Gasteiger partial charge is 0.228 e. The number of aromatic amines is 1. The topological polar surface area (TPSA) is 61.0 Å². The highest BCUT2D eigenvalue weighted by Crippen LogP contribution is 2.36. The fourth-order valence-electron chi connectivity index (χ4n) is 3.28. The van der Waals surface area contributed by atoms with Crippen molar-refractivity contribution in [2.45, 2.75) is 32.6 Å². The third-order valence-corrected chi connectivity index (χ3v) is 4.60. The van der Waals surface area contributed by atoms with Gasteiger partial charge in [0.05, 0.1) is 12.1 Å². The van der Waals surface area contributed by atoms with Gasteiger partial charge in [0.15, 0.2) is 0 Å². The van der Waals surface area contributed by atoms with E-state index in [0.29, 0.717) is 11.8 Å². The van der Waals surface area contributed by atoms with E-state index in [4.69, 9.17) is 0 Å². The summed E-state index contributed by atoms with van der Waals surface area (Å²) in [5, 5.41) is 10.5. The van der Waals surface area contributed by atoms with E-state index in [9.17, 15) is 4.79 Å². The van der Waals surface area contributed by atoms with Gasteiger partial charge in [-0.25, -0.2) is 0 Å². The van der Waals surface area contributed by atoms with Crippen LogP contribution in [0.25, 0.3) is 0 Å². The lowest BCUT2D eigenvalue weighted by atomic mass is 9.78. The highest BCUT2D eigenvalue weighted by molar-refractivity contribution is 5.78. The summed E-state index contributed by atoms with van der Waals surface area (Å²) in [6.45, 7) is 6.04. The fourth-order valence-corrected chi connectivity index (χ4v) is 3.28. The van der Waals surface area contributed by atoms with Crippen LogP contribution in [0.3, 0.4) is 0 Å². The summed E-state index contributed by atoms with van der Waals surface area (Å²) < 4.78 is 0. The Morgan fingerprint density at radius 3 is 2.79 bits per heavy atom. The first-order chi connectivity index (χ1) is 9.17. The minimum absolute atomic E-state index is 0.215. The molecule has 0 radical (unpaired) electrons. The maximum atomic E-state index is 12.2. The molecule has 0 aromatic carbocycles. The molecule has 2 aliphatic rings. The molecule has 1 aromatic heterocycles. The Morgan fingerprint density at radius 2 is 2.21 bits per heavy atom. The quantitative estimate of drug-likeness (QED) is 0.831. The van der Waals surface area contributed by atoms with Gasteiger partial charge in [-0.05, 0) is 44.2 Å². The molecule has 0 aliphatic carbocycles. The van der Waals surface area contributed by atoms with Gasteiger partial charge in [0.1, 0.15) is 0 Å². The van der Waals surface area contributed by atoms with Gasteiger partial charge in [-0.1, -0.05) is 0 Å². The normalized spacial score (nSPS) is 22.1. The molecule has 0 bridgehead atoms. The van der Waals surface area contributed by atoms with Gasteiger partial charge in [-0.3, -0.25) is 9.89 Å². The van der Waals surface area contributed by atoms with Gasteiger partial charge in [-0.15, -0.1) is 0 Å². The van der Waals surface area contributed by atoms with Crippen LogP contribution in [-0.4, -0.2) is 47.2 Å². The summed E-state index contributed by atoms with van der Waals surface area (Å²) in [6, 6.07) is 1.95. The first kappa shape index (κ1) is 12.7. The first-order valence-corrected chi connectivity index (χ1v) is 7.16. The van der Waals surface area contributed by atoms with Crippen LogP contribution < -0.4 is 5.32 Å². The Balaban J connectivity index is 1.54. The number of hydrogen-bond acceptors (Lipinski definition) is 3. The monoisotopic (exact) mass is 262 g/mol. The summed E-state index contributed by atoms with van der Waals surface area (Å²) in [5.41, 5.74) is 2.34. The Kier molecular flexibility index (Phi) is 3.31. The first-order valence-electron chi connectivity index (χ1n) is 7.16. The summed E-state index contributed by atoms with van der Waals surface area (Å²) in [7, 11) is 0. The number of H-pyrrole nitrogens is 1. The Bertz CT molecular complexity index is 452. The molecule has 1 spiro atoms. The van der Waals surface area contributed by atoms with Crippen molar-refractivity contribution in [3.05, 3.63) is 17.5 Å². The molecule has 104 valence electrons. The molecule has 0 saturated carbocycles. The molecule has 3 rings (SSSR count). The van der Waals surface area contributed by atoms with Gasteiger partial charge in [0.25, 0.3) is 0 Å². The third kappa shape index (κ3) is 2.66. The standard InChI is InChI=1S/C14H22N4O/c1-11-8-12(17-16-11)9-13(19)18-6-3-14(4-7-18)2-5-15-10-14/h8,15H,2-7,9-10H2,1H3,(H,16,17). The predicted octanol–water partition coefficient (Wildman–Crippen LogP) is 0.863. The number of aromatic nitrogens is 2. The van der Waals surface area contributed by atoms with Crippen LogP contribution in [0.1, 0.15) is 30.7 Å². The molecule has 5 nitrogen and oxygen atoms in total. The molecule has 2 aliphatic heterocycles. The molecule has 0 atom stereocenters. The second-order valence-electron chi connectivity index (χ2n) is 6.03. The fraction of sp³-hybridized carbons (Fsp3) is 0.714. The Labute approximate surface area is 113 Å². The SMILES string of the molecule is Cc1cc(CC(=O)N2CCC3(CCNC3)CC2)n[nH]1. The van der Waals surface area contributed by atoms with Crippen molar-refractivity contribution in [1.29, 1.82) is 0 Å². The molecule has 1 aromatic rings. The van der Waals surface area contributed by atoms with Gasteiger partial charge in [0, 0.05) is 25.3 Å². The zero-order valence-electron chi connectivity index (χ0n) is 11.5. The van der Waals surface area contributed by atoms with Crippen LogP contribution in [-0.2, 0) is 11.2 Å². The number of carbonyl (C=O) groups is 1. The molecule has 0 unspecified atom stereocenters. The molecule has 1 amide bonds. The van der Waals surface area contributed by atoms with Crippen LogP contribution >= 0.6 is 0 Å². The van der Waals surface area contributed by atoms with Crippen molar-refractivity contribution < 1.29 is 4.79 Å². The zero-order chi connectivity index (χ0) is 13.3. The number of aryl methyl sites for hydroxylation is 1. The van der Waals surface area contributed by atoms with E-state index in [-0.39, 0.29) is 5.91 Å². The van der Waals surface area contributed by atoms with E-state index in [1.165, 1.54) is 6.42 Å². The van der Waals surface area contributed by atoms with E-state index in [1.807, 2.05) is 17.9 Å². The van der Waals surface area contributed by atoms with E-state index < -0.39 is 0 Å². The van der Waals surface area contributed by atoms with Crippen molar-refractivity contribution >= 4 is 5.91 Å². The van der Waals surface area contributed by atoms with Gasteiger partial charge < -0.3 is 10.2 Å². The van der Waals surface area contributed by atoms with Gasteiger partial charge in [0.2, 0.25) is 5.91 Å². The number of nitrogens with one attached hydrogen (secondary N) is 2. The number of carbonyl (C=O) groups excluding carboxylic acids is 1. The van der Waals surface area contributed by atoms with Crippen molar-refractivity contribution in [1.82, 2.24) is 20.4 Å². The molecular formula is C14H22N4O. The lowest BCUT2D eigenvalue weighted by molar-refractivity contribution is -0.132. The highest BCUT2D eigenvalue weighted by Gasteiger charge is 2.37. The number of likely N-dealkylation sites (tertiary alicyclic amines) is 1. The van der Waals surface area contributed by atoms with Crippen molar-refractivity contribution in [2.75, 3.05) is 26.2 Å². The minimum Gasteiger partial charge on any atom is -0.342 e. The van der Waals surface area contributed by atoms with Crippen LogP contribution in [0.15, 0.2) is 6.07 Å². The molecular weight excluding hydrogens is 240 g/mol. The van der Waals surface area contributed by atoms with E-state index >= 15 is 0 Å². The molecule has 19 heavy (non-hydrogen) atoms. The predicted molar refractivity (Wildman–Crippen MR) is 72.8 cm³/mol. The molecule has 2 saturated heterocycles. The van der Waals surface area contributed by atoms with E-state index in [0.717, 1.165) is 50.4 Å². The summed E-state index contributed by atoms with van der Waals surface area (Å²) in [6.07, 6.45) is 3.99.